The first-order valence-corrected chi connectivity index (χ1v) is 8.55. The summed E-state index contributed by atoms with van der Waals surface area (Å²) in [5.74, 6) is 0. The Morgan fingerprint density at radius 1 is 0.789 bits per heavy atom. The standard InChI is InChI=1S/C17H34O.Sn.4H/c1-2-3-4-5-6-7-8-9-10-11-14-17-15-12-13-16-18-17;;;;;/h17H,2-16H2,1H3;;;;;. The SMILES string of the molecule is CCCCCCCCCCCCC1CCCCO1.[SnH4]. The van der Waals surface area contributed by atoms with Crippen LogP contribution in [0.3, 0.4) is 0 Å². The summed E-state index contributed by atoms with van der Waals surface area (Å²) < 4.78 is 5.76. The Bertz CT molecular complexity index is 167. The van der Waals surface area contributed by atoms with Gasteiger partial charge in [0.15, 0.2) is 0 Å². The van der Waals surface area contributed by atoms with Crippen molar-refractivity contribution in [1.82, 2.24) is 0 Å². The van der Waals surface area contributed by atoms with Crippen LogP contribution in [-0.2, 0) is 4.74 Å². The van der Waals surface area contributed by atoms with E-state index in [9.17, 15) is 0 Å². The molecule has 116 valence electrons. The summed E-state index contributed by atoms with van der Waals surface area (Å²) in [5.41, 5.74) is 0. The molecule has 1 saturated heterocycles. The van der Waals surface area contributed by atoms with E-state index in [0.29, 0.717) is 6.10 Å². The fourth-order valence-electron chi connectivity index (χ4n) is 2.89. The average Bonchev–Trinajstić information content (AvgIpc) is 2.42. The van der Waals surface area contributed by atoms with E-state index < -0.39 is 0 Å². The van der Waals surface area contributed by atoms with Gasteiger partial charge in [-0.1, -0.05) is 71.1 Å². The molecule has 1 nitrogen and oxygen atoms in total. The van der Waals surface area contributed by atoms with Gasteiger partial charge in [-0.2, -0.15) is 0 Å². The van der Waals surface area contributed by atoms with Gasteiger partial charge in [0.05, 0.1) is 6.10 Å². The van der Waals surface area contributed by atoms with Crippen molar-refractivity contribution in [1.29, 1.82) is 0 Å². The van der Waals surface area contributed by atoms with Gasteiger partial charge in [0.2, 0.25) is 0 Å². The maximum atomic E-state index is 5.76. The Hall–Kier alpha value is 0.759. The molecule has 0 bridgehead atoms. The third kappa shape index (κ3) is 12.2. The second-order valence-electron chi connectivity index (χ2n) is 5.96. The second kappa shape index (κ2) is 15.2. The predicted octanol–water partition coefficient (Wildman–Crippen LogP) is 4.41. The summed E-state index contributed by atoms with van der Waals surface area (Å²) in [6.07, 6.45) is 20.3. The third-order valence-electron chi connectivity index (χ3n) is 4.15. The van der Waals surface area contributed by atoms with Crippen molar-refractivity contribution in [3.05, 3.63) is 0 Å². The summed E-state index contributed by atoms with van der Waals surface area (Å²) in [6.45, 7) is 3.30. The van der Waals surface area contributed by atoms with Crippen LogP contribution in [0.2, 0.25) is 0 Å². The molecule has 0 N–H and O–H groups in total. The minimum absolute atomic E-state index is 0. The molecule has 0 saturated carbocycles. The van der Waals surface area contributed by atoms with Gasteiger partial charge >= 0.3 is 23.9 Å². The molecule has 1 unspecified atom stereocenters. The van der Waals surface area contributed by atoms with Crippen LogP contribution in [0, 0.1) is 0 Å². The fraction of sp³-hybridized carbons (Fsp3) is 1.00. The van der Waals surface area contributed by atoms with Crippen molar-refractivity contribution >= 4 is 23.9 Å². The predicted molar refractivity (Wildman–Crippen MR) is 91.4 cm³/mol. The molecule has 1 fully saturated rings. The molecule has 0 spiro atoms. The van der Waals surface area contributed by atoms with E-state index in [1.807, 2.05) is 0 Å². The van der Waals surface area contributed by atoms with E-state index in [1.54, 1.807) is 0 Å². The van der Waals surface area contributed by atoms with Crippen molar-refractivity contribution in [2.45, 2.75) is 103 Å². The Balaban J connectivity index is 0.00000324. The van der Waals surface area contributed by atoms with Crippen LogP contribution in [0.25, 0.3) is 0 Å². The number of hydrogen-bond acceptors (Lipinski definition) is 1. The summed E-state index contributed by atoms with van der Waals surface area (Å²) in [5, 5.41) is 0. The Morgan fingerprint density at radius 2 is 1.37 bits per heavy atom. The van der Waals surface area contributed by atoms with Crippen LogP contribution in [0.4, 0.5) is 0 Å². The molecular weight excluding hydrogens is 339 g/mol. The minimum atomic E-state index is 0. The van der Waals surface area contributed by atoms with Gasteiger partial charge in [-0.15, -0.1) is 0 Å². The first-order chi connectivity index (χ1) is 8.93. The molecule has 2 heteroatoms. The van der Waals surface area contributed by atoms with Crippen LogP contribution in [0.15, 0.2) is 0 Å². The molecule has 1 aliphatic heterocycles. The summed E-state index contributed by atoms with van der Waals surface area (Å²) in [4.78, 5) is 0. The maximum absolute atomic E-state index is 5.76. The van der Waals surface area contributed by atoms with E-state index in [-0.39, 0.29) is 23.9 Å². The first kappa shape index (κ1) is 19.8. The van der Waals surface area contributed by atoms with Crippen molar-refractivity contribution < 1.29 is 4.74 Å². The molecule has 0 aromatic carbocycles. The van der Waals surface area contributed by atoms with E-state index in [1.165, 1.54) is 89.9 Å². The first-order valence-electron chi connectivity index (χ1n) is 8.55. The zero-order chi connectivity index (χ0) is 12.9. The average molecular weight is 377 g/mol. The molecule has 0 aromatic rings. The van der Waals surface area contributed by atoms with Crippen molar-refractivity contribution in [2.75, 3.05) is 6.61 Å². The fourth-order valence-corrected chi connectivity index (χ4v) is 2.89. The number of unbranched alkanes of at least 4 members (excludes halogenated alkanes) is 9. The van der Waals surface area contributed by atoms with Crippen LogP contribution < -0.4 is 0 Å². The van der Waals surface area contributed by atoms with Gasteiger partial charge < -0.3 is 4.74 Å². The van der Waals surface area contributed by atoms with Crippen LogP contribution >= 0.6 is 0 Å². The Morgan fingerprint density at radius 3 is 1.89 bits per heavy atom. The van der Waals surface area contributed by atoms with E-state index in [0.717, 1.165) is 6.61 Å². The van der Waals surface area contributed by atoms with Crippen molar-refractivity contribution in [3.8, 4) is 0 Å². The van der Waals surface area contributed by atoms with E-state index >= 15 is 0 Å². The molecule has 1 atom stereocenters. The van der Waals surface area contributed by atoms with Gasteiger partial charge in [0.1, 0.15) is 0 Å². The summed E-state index contributed by atoms with van der Waals surface area (Å²) in [7, 11) is 0. The molecule has 1 rings (SSSR count). The molecule has 1 aliphatic rings. The number of ether oxygens (including phenoxy) is 1. The molecule has 0 radical (unpaired) electrons. The molecular formula is C17H38OSn. The number of hydrogen-bond donors (Lipinski definition) is 0. The van der Waals surface area contributed by atoms with Crippen LogP contribution in [-0.4, -0.2) is 36.6 Å². The molecule has 0 amide bonds. The van der Waals surface area contributed by atoms with E-state index in [2.05, 4.69) is 6.92 Å². The van der Waals surface area contributed by atoms with Gasteiger partial charge in [0, 0.05) is 6.61 Å². The van der Waals surface area contributed by atoms with Gasteiger partial charge in [-0.3, -0.25) is 0 Å². The zero-order valence-electron chi connectivity index (χ0n) is 12.6. The molecule has 0 aliphatic carbocycles. The summed E-state index contributed by atoms with van der Waals surface area (Å²) >= 11 is 0. The van der Waals surface area contributed by atoms with Gasteiger partial charge in [-0.05, 0) is 25.7 Å². The molecule has 0 aromatic heterocycles. The van der Waals surface area contributed by atoms with Crippen molar-refractivity contribution in [3.63, 3.8) is 0 Å². The van der Waals surface area contributed by atoms with Crippen LogP contribution in [0.1, 0.15) is 96.8 Å². The topological polar surface area (TPSA) is 9.23 Å². The second-order valence-corrected chi connectivity index (χ2v) is 5.96. The van der Waals surface area contributed by atoms with Gasteiger partial charge in [0.25, 0.3) is 0 Å². The Labute approximate surface area is 138 Å². The monoisotopic (exact) mass is 378 g/mol. The van der Waals surface area contributed by atoms with Gasteiger partial charge in [-0.25, -0.2) is 0 Å². The molecule has 19 heavy (non-hydrogen) atoms. The third-order valence-corrected chi connectivity index (χ3v) is 4.15. The molecule has 1 heterocycles. The Kier molecular flexibility index (Phi) is 15.8. The normalized spacial score (nSPS) is 19.1. The zero-order valence-corrected chi connectivity index (χ0v) is 12.6. The van der Waals surface area contributed by atoms with Crippen LogP contribution in [0.5, 0.6) is 0 Å². The van der Waals surface area contributed by atoms with E-state index in [4.69, 9.17) is 4.74 Å². The summed E-state index contributed by atoms with van der Waals surface area (Å²) in [6, 6.07) is 0. The quantitative estimate of drug-likeness (QED) is 0.383. The van der Waals surface area contributed by atoms with Crippen molar-refractivity contribution in [2.24, 2.45) is 0 Å². The number of rotatable bonds is 11.